The number of aliphatic hydroxyl groups is 1. The van der Waals surface area contributed by atoms with Gasteiger partial charge in [0.1, 0.15) is 17.2 Å². The maximum absolute atomic E-state index is 12.2. The smallest absolute Gasteiger partial charge is 0.270 e. The van der Waals surface area contributed by atoms with Gasteiger partial charge in [0.2, 0.25) is 0 Å². The van der Waals surface area contributed by atoms with Gasteiger partial charge in [-0.3, -0.25) is 14.7 Å². The van der Waals surface area contributed by atoms with Gasteiger partial charge < -0.3 is 19.9 Å². The second-order valence-corrected chi connectivity index (χ2v) is 6.28. The van der Waals surface area contributed by atoms with Crippen LogP contribution < -0.4 is 14.8 Å². The van der Waals surface area contributed by atoms with Crippen LogP contribution in [0.25, 0.3) is 0 Å². The molecular formula is C19H23N3O4. The highest BCUT2D eigenvalue weighted by Crippen LogP contribution is 2.24. The molecule has 2 N–H and O–H groups in total. The molecule has 0 radical (unpaired) electrons. The summed E-state index contributed by atoms with van der Waals surface area (Å²) in [4.78, 5) is 18.4. The van der Waals surface area contributed by atoms with E-state index in [4.69, 9.17) is 9.47 Å². The molecule has 1 aromatic carbocycles. The number of pyridine rings is 1. The lowest BCUT2D eigenvalue weighted by Gasteiger charge is -2.17. The molecule has 7 heteroatoms. The van der Waals surface area contributed by atoms with Crippen molar-refractivity contribution in [3.8, 4) is 11.5 Å². The molecule has 1 fully saturated rings. The number of nitrogens with one attached hydrogen (secondary N) is 1. The number of carbonyl (C=O) groups is 1. The molecule has 0 bridgehead atoms. The lowest BCUT2D eigenvalue weighted by atomic mass is 10.2. The van der Waals surface area contributed by atoms with Crippen LogP contribution in [0.4, 0.5) is 0 Å². The highest BCUT2D eigenvalue weighted by atomic mass is 16.5. The second kappa shape index (κ2) is 8.16. The van der Waals surface area contributed by atoms with Crippen molar-refractivity contribution >= 4 is 5.91 Å². The summed E-state index contributed by atoms with van der Waals surface area (Å²) in [6.07, 6.45) is 0.942. The molecule has 7 nitrogen and oxygen atoms in total. The van der Waals surface area contributed by atoms with Crippen molar-refractivity contribution in [3.05, 3.63) is 53.9 Å². The fourth-order valence-electron chi connectivity index (χ4n) is 3.09. The number of amides is 1. The number of methoxy groups -OCH3 is 2. The molecule has 1 aliphatic heterocycles. The third-order valence-corrected chi connectivity index (χ3v) is 4.40. The topological polar surface area (TPSA) is 83.9 Å². The molecule has 3 rings (SSSR count). The zero-order chi connectivity index (χ0) is 18.5. The van der Waals surface area contributed by atoms with Crippen LogP contribution in [0, 0.1) is 0 Å². The first kappa shape index (κ1) is 18.2. The molecule has 0 unspecified atom stereocenters. The third-order valence-electron chi connectivity index (χ3n) is 4.40. The van der Waals surface area contributed by atoms with E-state index in [-0.39, 0.29) is 11.9 Å². The SMILES string of the molecule is COc1cc(CN2C[C@@H](O)[C@H](NC(=O)c3ccccn3)C2)cc(OC)c1. The Morgan fingerprint density at radius 3 is 2.58 bits per heavy atom. The van der Waals surface area contributed by atoms with E-state index in [1.165, 1.54) is 0 Å². The van der Waals surface area contributed by atoms with Crippen molar-refractivity contribution in [1.82, 2.24) is 15.2 Å². The van der Waals surface area contributed by atoms with Gasteiger partial charge in [0.25, 0.3) is 5.91 Å². The normalized spacial score (nSPS) is 20.0. The number of aromatic nitrogens is 1. The van der Waals surface area contributed by atoms with Crippen molar-refractivity contribution < 1.29 is 19.4 Å². The van der Waals surface area contributed by atoms with Crippen LogP contribution in [0.3, 0.4) is 0 Å². The van der Waals surface area contributed by atoms with E-state index in [0.717, 1.165) is 17.1 Å². The van der Waals surface area contributed by atoms with Crippen LogP contribution in [0.1, 0.15) is 16.1 Å². The maximum atomic E-state index is 12.2. The van der Waals surface area contributed by atoms with Gasteiger partial charge in [0.15, 0.2) is 0 Å². The Labute approximate surface area is 152 Å². The molecule has 1 saturated heterocycles. The molecule has 26 heavy (non-hydrogen) atoms. The third kappa shape index (κ3) is 4.30. The van der Waals surface area contributed by atoms with Crippen LogP contribution >= 0.6 is 0 Å². The van der Waals surface area contributed by atoms with E-state index in [2.05, 4.69) is 15.2 Å². The molecule has 1 amide bonds. The number of benzene rings is 1. The number of ether oxygens (including phenoxy) is 2. The van der Waals surface area contributed by atoms with E-state index in [9.17, 15) is 9.90 Å². The van der Waals surface area contributed by atoms with Crippen LogP contribution in [-0.4, -0.2) is 60.4 Å². The lowest BCUT2D eigenvalue weighted by Crippen LogP contribution is -2.43. The zero-order valence-electron chi connectivity index (χ0n) is 14.9. The largest absolute Gasteiger partial charge is 0.497 e. The summed E-state index contributed by atoms with van der Waals surface area (Å²) in [5.41, 5.74) is 1.36. The standard InChI is InChI=1S/C19H23N3O4/c1-25-14-7-13(8-15(9-14)26-2)10-22-11-17(18(23)12-22)21-19(24)16-5-3-4-6-20-16/h3-9,17-18,23H,10-12H2,1-2H3,(H,21,24)/t17-,18-/m1/s1. The fraction of sp³-hybridized carbons (Fsp3) is 0.368. The highest BCUT2D eigenvalue weighted by Gasteiger charge is 2.32. The van der Waals surface area contributed by atoms with Crippen LogP contribution in [0.2, 0.25) is 0 Å². The summed E-state index contributed by atoms with van der Waals surface area (Å²) in [5, 5.41) is 13.2. The Bertz CT molecular complexity index is 731. The van der Waals surface area contributed by atoms with Gasteiger partial charge in [0.05, 0.1) is 26.4 Å². The first-order valence-electron chi connectivity index (χ1n) is 8.43. The summed E-state index contributed by atoms with van der Waals surface area (Å²) in [6.45, 7) is 1.66. The molecule has 1 aromatic heterocycles. The van der Waals surface area contributed by atoms with Gasteiger partial charge in [0, 0.05) is 31.9 Å². The highest BCUT2D eigenvalue weighted by molar-refractivity contribution is 5.92. The summed E-state index contributed by atoms with van der Waals surface area (Å²) in [7, 11) is 3.22. The number of β-amino-alcohol motifs (C(OH)–C–C–N with tert-alkyl or cyclic N) is 1. The number of hydrogen-bond acceptors (Lipinski definition) is 6. The number of aliphatic hydroxyl groups excluding tert-OH is 1. The van der Waals surface area contributed by atoms with Crippen molar-refractivity contribution in [3.63, 3.8) is 0 Å². The summed E-state index contributed by atoms with van der Waals surface area (Å²) >= 11 is 0. The second-order valence-electron chi connectivity index (χ2n) is 6.28. The van der Waals surface area contributed by atoms with Crippen LogP contribution in [0.15, 0.2) is 42.6 Å². The first-order chi connectivity index (χ1) is 12.6. The Balaban J connectivity index is 1.63. The molecule has 0 saturated carbocycles. The number of carbonyl (C=O) groups excluding carboxylic acids is 1. The minimum absolute atomic E-state index is 0.278. The molecule has 2 heterocycles. The van der Waals surface area contributed by atoms with Gasteiger partial charge in [-0.1, -0.05) is 6.07 Å². The Hall–Kier alpha value is -2.64. The summed E-state index contributed by atoms with van der Waals surface area (Å²) in [5.74, 6) is 1.16. The summed E-state index contributed by atoms with van der Waals surface area (Å²) in [6, 6.07) is 10.5. The van der Waals surface area contributed by atoms with E-state index in [1.807, 2.05) is 18.2 Å². The molecule has 2 atom stereocenters. The average Bonchev–Trinajstić information content (AvgIpc) is 3.00. The Morgan fingerprint density at radius 1 is 1.23 bits per heavy atom. The van der Waals surface area contributed by atoms with E-state index < -0.39 is 6.10 Å². The molecular weight excluding hydrogens is 334 g/mol. The predicted octanol–water partition coefficient (Wildman–Crippen LogP) is 1.07. The lowest BCUT2D eigenvalue weighted by molar-refractivity contribution is 0.0883. The minimum Gasteiger partial charge on any atom is -0.497 e. The molecule has 0 aliphatic carbocycles. The predicted molar refractivity (Wildman–Crippen MR) is 96.3 cm³/mol. The van der Waals surface area contributed by atoms with E-state index in [0.29, 0.717) is 25.3 Å². The van der Waals surface area contributed by atoms with E-state index >= 15 is 0 Å². The molecule has 0 spiro atoms. The van der Waals surface area contributed by atoms with Gasteiger partial charge in [-0.2, -0.15) is 0 Å². The average molecular weight is 357 g/mol. The van der Waals surface area contributed by atoms with Crippen LogP contribution in [0.5, 0.6) is 11.5 Å². The first-order valence-corrected chi connectivity index (χ1v) is 8.43. The van der Waals surface area contributed by atoms with Crippen molar-refractivity contribution in [2.24, 2.45) is 0 Å². The Morgan fingerprint density at radius 2 is 1.96 bits per heavy atom. The molecule has 2 aromatic rings. The van der Waals surface area contributed by atoms with Gasteiger partial charge in [-0.15, -0.1) is 0 Å². The molecule has 1 aliphatic rings. The number of hydrogen-bond donors (Lipinski definition) is 2. The van der Waals surface area contributed by atoms with Gasteiger partial charge in [-0.25, -0.2) is 0 Å². The van der Waals surface area contributed by atoms with Crippen molar-refractivity contribution in [2.75, 3.05) is 27.3 Å². The van der Waals surface area contributed by atoms with Crippen LogP contribution in [-0.2, 0) is 6.54 Å². The fourth-order valence-corrected chi connectivity index (χ4v) is 3.09. The number of nitrogens with zero attached hydrogens (tertiary/aromatic N) is 2. The molecule has 138 valence electrons. The van der Waals surface area contributed by atoms with Crippen molar-refractivity contribution in [2.45, 2.75) is 18.7 Å². The number of likely N-dealkylation sites (tertiary alicyclic amines) is 1. The van der Waals surface area contributed by atoms with Gasteiger partial charge >= 0.3 is 0 Å². The monoisotopic (exact) mass is 357 g/mol. The van der Waals surface area contributed by atoms with Gasteiger partial charge in [-0.05, 0) is 29.8 Å². The number of rotatable bonds is 6. The summed E-state index contributed by atoms with van der Waals surface area (Å²) < 4.78 is 10.6. The quantitative estimate of drug-likeness (QED) is 0.805. The minimum atomic E-state index is -0.629. The van der Waals surface area contributed by atoms with E-state index in [1.54, 1.807) is 38.6 Å². The Kier molecular flexibility index (Phi) is 5.70. The maximum Gasteiger partial charge on any atom is 0.270 e. The van der Waals surface area contributed by atoms with Crippen molar-refractivity contribution in [1.29, 1.82) is 0 Å². The zero-order valence-corrected chi connectivity index (χ0v) is 14.9.